The second-order valence-corrected chi connectivity index (χ2v) is 5.58. The maximum absolute atomic E-state index is 10.9. The van der Waals surface area contributed by atoms with E-state index < -0.39 is 55.7 Å². The Labute approximate surface area is 149 Å². The van der Waals surface area contributed by atoms with Crippen molar-refractivity contribution in [1.82, 2.24) is 0 Å². The maximum Gasteiger partial charge on any atom is 0.313 e. The van der Waals surface area contributed by atoms with Gasteiger partial charge in [0, 0.05) is 0 Å². The Morgan fingerprint density at radius 1 is 1.08 bits per heavy atom. The number of Topliss-reactive ketones (excluding diaryl/α,β-unsaturated/α-hetero) is 1. The zero-order chi connectivity index (χ0) is 20.9. The SMILES string of the molecule is CC(=O)CC(=O)OCC(N)(CO)CO.O=C[C@H](O)[C@@H](O)[C@H](O)[C@H](O)CO. The number of aliphatic hydroxyl groups excluding tert-OH is 7. The number of ketones is 1. The molecule has 0 heterocycles. The summed E-state index contributed by atoms with van der Waals surface area (Å²) in [4.78, 5) is 31.3. The number of carbonyl (C=O) groups is 3. The topological polar surface area (TPSA) is 228 Å². The van der Waals surface area contributed by atoms with Crippen LogP contribution in [-0.2, 0) is 19.1 Å². The molecule has 0 amide bonds. The monoisotopic (exact) mass is 385 g/mol. The van der Waals surface area contributed by atoms with E-state index in [0.717, 1.165) is 0 Å². The summed E-state index contributed by atoms with van der Waals surface area (Å²) in [6.45, 7) is -0.821. The largest absolute Gasteiger partial charge is 0.463 e. The number of rotatable bonds is 11. The Kier molecular flexibility index (Phi) is 14.0. The molecule has 0 aromatic heterocycles. The summed E-state index contributed by atoms with van der Waals surface area (Å²) in [6.07, 6.45) is -7.17. The summed E-state index contributed by atoms with van der Waals surface area (Å²) >= 11 is 0. The van der Waals surface area contributed by atoms with Crippen molar-refractivity contribution in [2.45, 2.75) is 43.3 Å². The Hall–Kier alpha value is -1.51. The highest BCUT2D eigenvalue weighted by molar-refractivity contribution is 5.94. The van der Waals surface area contributed by atoms with Crippen molar-refractivity contribution >= 4 is 18.0 Å². The van der Waals surface area contributed by atoms with Crippen molar-refractivity contribution in [3.05, 3.63) is 0 Å². The molecule has 0 aliphatic rings. The number of esters is 1. The Morgan fingerprint density at radius 2 is 1.58 bits per heavy atom. The minimum atomic E-state index is -1.79. The van der Waals surface area contributed by atoms with E-state index in [9.17, 15) is 14.4 Å². The molecule has 4 atom stereocenters. The van der Waals surface area contributed by atoms with Crippen molar-refractivity contribution in [2.75, 3.05) is 26.4 Å². The molecule has 26 heavy (non-hydrogen) atoms. The second kappa shape index (κ2) is 13.7. The van der Waals surface area contributed by atoms with Crippen LogP contribution < -0.4 is 5.73 Å². The smallest absolute Gasteiger partial charge is 0.313 e. The van der Waals surface area contributed by atoms with Gasteiger partial charge in [-0.1, -0.05) is 0 Å². The Balaban J connectivity index is 0. The first-order valence-electron chi connectivity index (χ1n) is 7.42. The lowest BCUT2D eigenvalue weighted by Crippen LogP contribution is -2.51. The van der Waals surface area contributed by atoms with Gasteiger partial charge in [0.25, 0.3) is 0 Å². The summed E-state index contributed by atoms with van der Waals surface area (Å²) in [7, 11) is 0. The van der Waals surface area contributed by atoms with Gasteiger partial charge in [-0.2, -0.15) is 0 Å². The highest BCUT2D eigenvalue weighted by Gasteiger charge is 2.29. The lowest BCUT2D eigenvalue weighted by atomic mass is 10.0. The van der Waals surface area contributed by atoms with Gasteiger partial charge in [0.1, 0.15) is 43.2 Å². The van der Waals surface area contributed by atoms with Crippen LogP contribution in [0.3, 0.4) is 0 Å². The van der Waals surface area contributed by atoms with Gasteiger partial charge in [-0.25, -0.2) is 0 Å². The highest BCUT2D eigenvalue weighted by Crippen LogP contribution is 2.03. The molecule has 12 nitrogen and oxygen atoms in total. The van der Waals surface area contributed by atoms with E-state index >= 15 is 0 Å². The van der Waals surface area contributed by atoms with E-state index in [-0.39, 0.29) is 25.1 Å². The number of carbonyl (C=O) groups excluding carboxylic acids is 3. The van der Waals surface area contributed by atoms with Crippen LogP contribution in [-0.4, -0.2) is 110 Å². The Morgan fingerprint density at radius 3 is 1.92 bits per heavy atom. The zero-order valence-electron chi connectivity index (χ0n) is 14.3. The number of hydrogen-bond acceptors (Lipinski definition) is 12. The summed E-state index contributed by atoms with van der Waals surface area (Å²) < 4.78 is 4.60. The third kappa shape index (κ3) is 11.2. The predicted octanol–water partition coefficient (Wildman–Crippen LogP) is -5.19. The maximum atomic E-state index is 10.9. The third-order valence-electron chi connectivity index (χ3n) is 2.96. The molecule has 0 aromatic carbocycles. The van der Waals surface area contributed by atoms with Crippen LogP contribution in [0, 0.1) is 0 Å². The van der Waals surface area contributed by atoms with Crippen molar-refractivity contribution in [3.8, 4) is 0 Å². The lowest BCUT2D eigenvalue weighted by molar-refractivity contribution is -0.148. The van der Waals surface area contributed by atoms with Crippen LogP contribution in [0.4, 0.5) is 0 Å². The van der Waals surface area contributed by atoms with E-state index in [4.69, 9.17) is 41.5 Å². The van der Waals surface area contributed by atoms with E-state index in [2.05, 4.69) is 4.74 Å². The molecule has 0 unspecified atom stereocenters. The first-order chi connectivity index (χ1) is 12.0. The number of nitrogens with two attached hydrogens (primary N) is 1. The van der Waals surface area contributed by atoms with Gasteiger partial charge in [-0.05, 0) is 6.92 Å². The molecule has 0 spiro atoms. The molecule has 0 aliphatic carbocycles. The molecule has 0 saturated carbocycles. The van der Waals surface area contributed by atoms with Crippen molar-refractivity contribution in [3.63, 3.8) is 0 Å². The zero-order valence-corrected chi connectivity index (χ0v) is 14.3. The van der Waals surface area contributed by atoms with Crippen LogP contribution in [0.25, 0.3) is 0 Å². The average Bonchev–Trinajstić information content (AvgIpc) is 2.63. The fourth-order valence-corrected chi connectivity index (χ4v) is 1.24. The van der Waals surface area contributed by atoms with Gasteiger partial charge in [0.05, 0.1) is 25.4 Å². The molecular weight excluding hydrogens is 358 g/mol. The third-order valence-corrected chi connectivity index (χ3v) is 2.96. The minimum absolute atomic E-state index is 0.0258. The minimum Gasteiger partial charge on any atom is -0.463 e. The van der Waals surface area contributed by atoms with Gasteiger partial charge in [0.15, 0.2) is 6.29 Å². The molecule has 0 radical (unpaired) electrons. The normalized spacial score (nSPS) is 15.7. The first-order valence-corrected chi connectivity index (χ1v) is 7.42. The fraction of sp³-hybridized carbons (Fsp3) is 0.786. The number of aliphatic hydroxyl groups is 7. The summed E-state index contributed by atoms with van der Waals surface area (Å²) in [5.41, 5.74) is 4.07. The van der Waals surface area contributed by atoms with E-state index in [1.54, 1.807) is 0 Å². The fourth-order valence-electron chi connectivity index (χ4n) is 1.24. The Bertz CT molecular complexity index is 427. The van der Waals surface area contributed by atoms with Crippen LogP contribution in [0.2, 0.25) is 0 Å². The van der Waals surface area contributed by atoms with Crippen molar-refractivity contribution < 1.29 is 54.9 Å². The van der Waals surface area contributed by atoms with Gasteiger partial charge in [0.2, 0.25) is 0 Å². The van der Waals surface area contributed by atoms with E-state index in [1.165, 1.54) is 6.92 Å². The predicted molar refractivity (Wildman–Crippen MR) is 84.5 cm³/mol. The molecule has 0 aliphatic heterocycles. The van der Waals surface area contributed by atoms with E-state index in [1.807, 2.05) is 0 Å². The molecular formula is C14H27NO11. The lowest BCUT2D eigenvalue weighted by Gasteiger charge is -2.23. The number of ether oxygens (including phenoxy) is 1. The van der Waals surface area contributed by atoms with Crippen LogP contribution in [0.5, 0.6) is 0 Å². The standard InChI is InChI=1S/C8H15NO5.C6H12O6/c1-6(12)2-7(13)14-5-8(9,3-10)4-11;7-1-3(9)5(11)6(12)4(10)2-8/h10-11H,2-5,9H2,1H3;1,3-6,8-12H,2H2/t;3-,4+,5+,6+/m.0/s1. The highest BCUT2D eigenvalue weighted by atomic mass is 16.5. The second-order valence-electron chi connectivity index (χ2n) is 5.58. The van der Waals surface area contributed by atoms with Gasteiger partial charge >= 0.3 is 5.97 Å². The number of hydrogen-bond donors (Lipinski definition) is 8. The van der Waals surface area contributed by atoms with Crippen LogP contribution in [0.1, 0.15) is 13.3 Å². The van der Waals surface area contributed by atoms with Gasteiger partial charge in [-0.15, -0.1) is 0 Å². The molecule has 0 bridgehead atoms. The molecule has 0 rings (SSSR count). The average molecular weight is 385 g/mol. The summed E-state index contributed by atoms with van der Waals surface area (Å²) in [5.74, 6) is -1.03. The summed E-state index contributed by atoms with van der Waals surface area (Å²) in [6, 6.07) is 0. The summed E-state index contributed by atoms with van der Waals surface area (Å²) in [5, 5.41) is 61.0. The molecule has 154 valence electrons. The quantitative estimate of drug-likeness (QED) is 0.0948. The molecule has 0 aromatic rings. The van der Waals surface area contributed by atoms with Gasteiger partial charge in [-0.3, -0.25) is 9.59 Å². The van der Waals surface area contributed by atoms with Crippen molar-refractivity contribution in [1.29, 1.82) is 0 Å². The first kappa shape index (κ1) is 26.7. The van der Waals surface area contributed by atoms with Crippen LogP contribution >= 0.6 is 0 Å². The number of aldehydes is 1. The van der Waals surface area contributed by atoms with Gasteiger partial charge < -0.3 is 51.0 Å². The molecule has 9 N–H and O–H groups in total. The molecule has 0 saturated heterocycles. The van der Waals surface area contributed by atoms with Crippen molar-refractivity contribution in [2.24, 2.45) is 5.73 Å². The molecule has 12 heteroatoms. The van der Waals surface area contributed by atoms with E-state index in [0.29, 0.717) is 0 Å². The van der Waals surface area contributed by atoms with Crippen LogP contribution in [0.15, 0.2) is 0 Å². The molecule has 0 fully saturated rings.